The minimum absolute atomic E-state index is 0.319. The highest BCUT2D eigenvalue weighted by Gasteiger charge is 2.13. The van der Waals surface area contributed by atoms with Gasteiger partial charge in [0.05, 0.1) is 14.2 Å². The van der Waals surface area contributed by atoms with Crippen LogP contribution in [0.5, 0.6) is 11.5 Å². The molecule has 102 valence electrons. The summed E-state index contributed by atoms with van der Waals surface area (Å²) in [6.07, 6.45) is 2.26. The van der Waals surface area contributed by atoms with Crippen LogP contribution in [0.1, 0.15) is 5.56 Å². The highest BCUT2D eigenvalue weighted by Crippen LogP contribution is 2.34. The van der Waals surface area contributed by atoms with Crippen molar-refractivity contribution >= 4 is 31.8 Å². The molecule has 1 aromatic rings. The van der Waals surface area contributed by atoms with Crippen molar-refractivity contribution in [2.75, 3.05) is 20.5 Å². The molecule has 0 atom stereocenters. The van der Waals surface area contributed by atoms with Crippen molar-refractivity contribution in [1.82, 2.24) is 0 Å². The first kappa shape index (κ1) is 15.5. The summed E-state index contributed by atoms with van der Waals surface area (Å²) in [5.74, 6) is 0.951. The van der Waals surface area contributed by atoms with Crippen molar-refractivity contribution in [3.05, 3.63) is 27.1 Å². The van der Waals surface area contributed by atoms with E-state index >= 15 is 0 Å². The van der Waals surface area contributed by atoms with Gasteiger partial charge in [0.15, 0.2) is 21.3 Å². The summed E-state index contributed by atoms with van der Waals surface area (Å²) >= 11 is 3.29. The molecule has 0 spiro atoms. The highest BCUT2D eigenvalue weighted by molar-refractivity contribution is 9.10. The van der Waals surface area contributed by atoms with Gasteiger partial charge in [-0.2, -0.15) is 5.26 Å². The quantitative estimate of drug-likeness (QED) is 0.783. The molecule has 0 bridgehead atoms. The molecule has 0 fully saturated rings. The molecule has 0 aliphatic heterocycles. The Morgan fingerprint density at radius 2 is 1.84 bits per heavy atom. The van der Waals surface area contributed by atoms with Gasteiger partial charge >= 0.3 is 0 Å². The number of nitrogens with zero attached hydrogens (tertiary/aromatic N) is 1. The van der Waals surface area contributed by atoms with Crippen LogP contribution >= 0.6 is 15.9 Å². The van der Waals surface area contributed by atoms with Gasteiger partial charge in [0, 0.05) is 10.7 Å². The van der Waals surface area contributed by atoms with E-state index in [4.69, 9.17) is 14.7 Å². The Morgan fingerprint density at radius 3 is 2.26 bits per heavy atom. The van der Waals surface area contributed by atoms with Gasteiger partial charge in [-0.25, -0.2) is 8.42 Å². The zero-order chi connectivity index (χ0) is 14.6. The van der Waals surface area contributed by atoms with E-state index < -0.39 is 9.84 Å². The van der Waals surface area contributed by atoms with Gasteiger partial charge in [-0.15, -0.1) is 0 Å². The molecule has 0 aromatic heterocycles. The Labute approximate surface area is 120 Å². The number of hydrogen-bond donors (Lipinski definition) is 0. The summed E-state index contributed by atoms with van der Waals surface area (Å²) in [7, 11) is -0.588. The van der Waals surface area contributed by atoms with Crippen LogP contribution in [0.15, 0.2) is 21.5 Å². The van der Waals surface area contributed by atoms with Gasteiger partial charge in [0.25, 0.3) is 0 Å². The van der Waals surface area contributed by atoms with Gasteiger partial charge in [-0.3, -0.25) is 0 Å². The lowest BCUT2D eigenvalue weighted by Crippen LogP contribution is -1.99. The van der Waals surface area contributed by atoms with E-state index in [1.54, 1.807) is 18.2 Å². The number of sulfone groups is 1. The van der Waals surface area contributed by atoms with Crippen LogP contribution in [0.3, 0.4) is 0 Å². The molecular weight excluding hydrogens is 334 g/mol. The van der Waals surface area contributed by atoms with Gasteiger partial charge in [-0.05, 0) is 23.8 Å². The minimum Gasteiger partial charge on any atom is -0.493 e. The van der Waals surface area contributed by atoms with Crippen molar-refractivity contribution in [1.29, 1.82) is 5.26 Å². The van der Waals surface area contributed by atoms with E-state index in [1.807, 2.05) is 0 Å². The first-order valence-electron chi connectivity index (χ1n) is 5.07. The first-order chi connectivity index (χ1) is 8.83. The smallest absolute Gasteiger partial charge is 0.185 e. The zero-order valence-corrected chi connectivity index (χ0v) is 13.0. The van der Waals surface area contributed by atoms with Crippen molar-refractivity contribution in [3.63, 3.8) is 0 Å². The van der Waals surface area contributed by atoms with Crippen molar-refractivity contribution in [2.45, 2.75) is 0 Å². The number of rotatable bonds is 4. The van der Waals surface area contributed by atoms with Crippen LogP contribution in [0.4, 0.5) is 0 Å². The Morgan fingerprint density at radius 1 is 1.32 bits per heavy atom. The van der Waals surface area contributed by atoms with E-state index in [0.29, 0.717) is 21.5 Å². The fourth-order valence-electron chi connectivity index (χ4n) is 1.34. The molecule has 0 aliphatic carbocycles. The molecule has 7 heteroatoms. The van der Waals surface area contributed by atoms with Gasteiger partial charge in [0.2, 0.25) is 0 Å². The molecule has 0 aliphatic rings. The Bertz CT molecular complexity index is 659. The highest BCUT2D eigenvalue weighted by atomic mass is 79.9. The van der Waals surface area contributed by atoms with Gasteiger partial charge < -0.3 is 9.47 Å². The molecule has 5 nitrogen and oxygen atoms in total. The molecule has 19 heavy (non-hydrogen) atoms. The van der Waals surface area contributed by atoms with Crippen molar-refractivity contribution < 1.29 is 17.9 Å². The van der Waals surface area contributed by atoms with E-state index in [9.17, 15) is 8.42 Å². The van der Waals surface area contributed by atoms with Crippen LogP contribution in [-0.2, 0) is 9.84 Å². The van der Waals surface area contributed by atoms with Crippen LogP contribution in [0, 0.1) is 11.3 Å². The third-order valence-corrected chi connectivity index (χ3v) is 3.99. The monoisotopic (exact) mass is 345 g/mol. The van der Waals surface area contributed by atoms with Crippen LogP contribution in [0.25, 0.3) is 6.08 Å². The second-order valence-corrected chi connectivity index (χ2v) is 6.46. The average Bonchev–Trinajstić information content (AvgIpc) is 2.35. The topological polar surface area (TPSA) is 76.4 Å². The number of hydrogen-bond acceptors (Lipinski definition) is 5. The van der Waals surface area contributed by atoms with E-state index in [0.717, 1.165) is 6.26 Å². The molecule has 0 saturated carbocycles. The lowest BCUT2D eigenvalue weighted by atomic mass is 10.2. The number of nitriles is 1. The minimum atomic E-state index is -3.56. The predicted octanol–water partition coefficient (Wildman–Crippen LogP) is 2.38. The third kappa shape index (κ3) is 3.72. The predicted molar refractivity (Wildman–Crippen MR) is 75.7 cm³/mol. The molecule has 0 N–H and O–H groups in total. The number of allylic oxidation sites excluding steroid dienone is 1. The number of benzene rings is 1. The molecule has 0 heterocycles. The lowest BCUT2D eigenvalue weighted by Gasteiger charge is -2.10. The standard InChI is InChI=1S/C12H12BrNO4S/c1-17-11-5-8(10(13)6-12(11)18-2)4-9(7-14)19(3,15)16/h4-6H,1-3H3/b9-4+. The normalized spacial score (nSPS) is 11.8. The molecule has 0 saturated heterocycles. The molecule has 1 aromatic carbocycles. The fourth-order valence-corrected chi connectivity index (χ4v) is 2.29. The Kier molecular flexibility index (Phi) is 4.97. The SMILES string of the molecule is COc1cc(Br)c(/C=C(\C#N)S(C)(=O)=O)cc1OC. The number of methoxy groups -OCH3 is 2. The summed E-state index contributed by atoms with van der Waals surface area (Å²) in [5, 5.41) is 8.87. The summed E-state index contributed by atoms with van der Waals surface area (Å²) in [4.78, 5) is -0.319. The first-order valence-corrected chi connectivity index (χ1v) is 7.75. The maximum atomic E-state index is 11.4. The van der Waals surface area contributed by atoms with Crippen molar-refractivity contribution in [3.8, 4) is 17.6 Å². The van der Waals surface area contributed by atoms with Crippen molar-refractivity contribution in [2.24, 2.45) is 0 Å². The molecule has 1 rings (SSSR count). The van der Waals surface area contributed by atoms with E-state index in [-0.39, 0.29) is 4.91 Å². The van der Waals surface area contributed by atoms with Gasteiger partial charge in [0.1, 0.15) is 11.0 Å². The maximum absolute atomic E-state index is 11.4. The summed E-state index contributed by atoms with van der Waals surface area (Å²) in [5.41, 5.74) is 0.514. The summed E-state index contributed by atoms with van der Waals surface area (Å²) < 4.78 is 33.6. The fraction of sp³-hybridized carbons (Fsp3) is 0.250. The largest absolute Gasteiger partial charge is 0.493 e. The number of halogens is 1. The lowest BCUT2D eigenvalue weighted by molar-refractivity contribution is 0.354. The third-order valence-electron chi connectivity index (χ3n) is 2.30. The second-order valence-electron chi connectivity index (χ2n) is 3.62. The Balaban J connectivity index is 3.45. The Hall–Kier alpha value is -1.52. The molecular formula is C12H12BrNO4S. The van der Waals surface area contributed by atoms with Gasteiger partial charge in [-0.1, -0.05) is 15.9 Å². The van der Waals surface area contributed by atoms with E-state index in [1.165, 1.54) is 20.3 Å². The summed E-state index contributed by atoms with van der Waals surface area (Å²) in [6, 6.07) is 4.89. The molecule has 0 amide bonds. The summed E-state index contributed by atoms with van der Waals surface area (Å²) in [6.45, 7) is 0. The molecule has 0 radical (unpaired) electrons. The van der Waals surface area contributed by atoms with Crippen LogP contribution in [-0.4, -0.2) is 28.9 Å². The average molecular weight is 346 g/mol. The number of ether oxygens (including phenoxy) is 2. The molecule has 0 unspecified atom stereocenters. The zero-order valence-electron chi connectivity index (χ0n) is 10.6. The maximum Gasteiger partial charge on any atom is 0.185 e. The van der Waals surface area contributed by atoms with E-state index in [2.05, 4.69) is 15.9 Å². The second kappa shape index (κ2) is 6.08. The van der Waals surface area contributed by atoms with Crippen LogP contribution in [0.2, 0.25) is 0 Å². The van der Waals surface area contributed by atoms with Crippen LogP contribution < -0.4 is 9.47 Å².